The highest BCUT2D eigenvalue weighted by atomic mass is 32.1. The van der Waals surface area contributed by atoms with Crippen LogP contribution in [0.5, 0.6) is 0 Å². The molecule has 0 atom stereocenters. The summed E-state index contributed by atoms with van der Waals surface area (Å²) in [5.41, 5.74) is 1.84. The first kappa shape index (κ1) is 10.8. The Morgan fingerprint density at radius 2 is 2.00 bits per heavy atom. The lowest BCUT2D eigenvalue weighted by Gasteiger charge is -2.00. The minimum atomic E-state index is 0.524. The SMILES string of the molecule is Cn1nccc1-c1cc(=S)n(-c2ncccn2)[nH]1. The maximum absolute atomic E-state index is 5.29. The van der Waals surface area contributed by atoms with Crippen LogP contribution in [0.2, 0.25) is 0 Å². The summed E-state index contributed by atoms with van der Waals surface area (Å²) in [5.74, 6) is 0.524. The smallest absolute Gasteiger partial charge is 0.250 e. The Morgan fingerprint density at radius 1 is 1.22 bits per heavy atom. The molecule has 0 unspecified atom stereocenters. The molecule has 0 fully saturated rings. The second-order valence-electron chi connectivity index (χ2n) is 3.73. The third-order valence-electron chi connectivity index (χ3n) is 2.57. The Bertz CT molecular complexity index is 723. The highest BCUT2D eigenvalue weighted by Gasteiger charge is 2.08. The lowest BCUT2D eigenvalue weighted by molar-refractivity contribution is 0.762. The van der Waals surface area contributed by atoms with Crippen molar-refractivity contribution in [2.75, 3.05) is 0 Å². The minimum Gasteiger partial charge on any atom is -0.288 e. The Kier molecular flexibility index (Phi) is 2.52. The highest BCUT2D eigenvalue weighted by Crippen LogP contribution is 2.17. The van der Waals surface area contributed by atoms with Gasteiger partial charge in [-0.1, -0.05) is 12.2 Å². The van der Waals surface area contributed by atoms with Gasteiger partial charge in [0.2, 0.25) is 5.95 Å². The number of aromatic amines is 1. The molecule has 3 heterocycles. The molecule has 3 aromatic rings. The molecule has 0 aromatic carbocycles. The van der Waals surface area contributed by atoms with Crippen molar-refractivity contribution in [2.45, 2.75) is 0 Å². The molecule has 7 heteroatoms. The van der Waals surface area contributed by atoms with E-state index >= 15 is 0 Å². The van der Waals surface area contributed by atoms with Gasteiger partial charge < -0.3 is 0 Å². The van der Waals surface area contributed by atoms with E-state index in [-0.39, 0.29) is 0 Å². The van der Waals surface area contributed by atoms with Crippen LogP contribution < -0.4 is 0 Å². The molecule has 0 aliphatic rings. The Balaban J connectivity index is 2.13. The molecule has 0 bridgehead atoms. The molecule has 1 N–H and O–H groups in total. The summed E-state index contributed by atoms with van der Waals surface area (Å²) in [7, 11) is 1.88. The van der Waals surface area contributed by atoms with Gasteiger partial charge >= 0.3 is 0 Å². The average molecular weight is 258 g/mol. The van der Waals surface area contributed by atoms with Crippen molar-refractivity contribution in [1.29, 1.82) is 0 Å². The van der Waals surface area contributed by atoms with E-state index in [9.17, 15) is 0 Å². The zero-order valence-electron chi connectivity index (χ0n) is 9.61. The van der Waals surface area contributed by atoms with E-state index in [0.717, 1.165) is 11.4 Å². The molecule has 0 aliphatic heterocycles. The number of hydrogen-bond donors (Lipinski definition) is 1. The van der Waals surface area contributed by atoms with Crippen LogP contribution in [-0.4, -0.2) is 29.5 Å². The van der Waals surface area contributed by atoms with Crippen LogP contribution in [0.1, 0.15) is 0 Å². The first-order valence-corrected chi connectivity index (χ1v) is 5.74. The molecule has 18 heavy (non-hydrogen) atoms. The van der Waals surface area contributed by atoms with E-state index in [4.69, 9.17) is 12.2 Å². The zero-order chi connectivity index (χ0) is 12.5. The maximum Gasteiger partial charge on any atom is 0.250 e. The zero-order valence-corrected chi connectivity index (χ0v) is 10.4. The largest absolute Gasteiger partial charge is 0.288 e. The van der Waals surface area contributed by atoms with Gasteiger partial charge in [0, 0.05) is 31.7 Å². The van der Waals surface area contributed by atoms with Gasteiger partial charge in [-0.3, -0.25) is 9.78 Å². The molecule has 0 aliphatic carbocycles. The van der Waals surface area contributed by atoms with Crippen LogP contribution in [0, 0.1) is 4.64 Å². The summed E-state index contributed by atoms with van der Waals surface area (Å²) in [6, 6.07) is 5.54. The predicted molar refractivity (Wildman–Crippen MR) is 68.7 cm³/mol. The van der Waals surface area contributed by atoms with Gasteiger partial charge in [-0.25, -0.2) is 14.6 Å². The third kappa shape index (κ3) is 1.74. The third-order valence-corrected chi connectivity index (χ3v) is 2.87. The Morgan fingerprint density at radius 3 is 2.67 bits per heavy atom. The summed E-state index contributed by atoms with van der Waals surface area (Å²) in [6.07, 6.45) is 5.09. The number of hydrogen-bond acceptors (Lipinski definition) is 4. The van der Waals surface area contributed by atoms with Gasteiger partial charge in [-0.15, -0.1) is 0 Å². The van der Waals surface area contributed by atoms with Crippen molar-refractivity contribution in [3.63, 3.8) is 0 Å². The van der Waals surface area contributed by atoms with Gasteiger partial charge in [-0.2, -0.15) is 5.10 Å². The lowest BCUT2D eigenvalue weighted by Crippen LogP contribution is -2.02. The summed E-state index contributed by atoms with van der Waals surface area (Å²) in [4.78, 5) is 8.32. The van der Waals surface area contributed by atoms with E-state index in [2.05, 4.69) is 20.2 Å². The number of nitrogens with zero attached hydrogens (tertiary/aromatic N) is 5. The summed E-state index contributed by atoms with van der Waals surface area (Å²) >= 11 is 5.29. The molecule has 3 aromatic heterocycles. The molecule has 0 saturated heterocycles. The van der Waals surface area contributed by atoms with E-state index in [1.807, 2.05) is 19.2 Å². The predicted octanol–water partition coefficient (Wildman–Crippen LogP) is 1.73. The minimum absolute atomic E-state index is 0.524. The molecule has 3 rings (SSSR count). The van der Waals surface area contributed by atoms with Crippen molar-refractivity contribution < 1.29 is 0 Å². The van der Waals surface area contributed by atoms with E-state index in [0.29, 0.717) is 10.6 Å². The summed E-state index contributed by atoms with van der Waals surface area (Å²) in [6.45, 7) is 0. The van der Waals surface area contributed by atoms with Crippen molar-refractivity contribution >= 4 is 12.2 Å². The van der Waals surface area contributed by atoms with E-state index in [1.165, 1.54) is 0 Å². The van der Waals surface area contributed by atoms with Crippen LogP contribution in [0.15, 0.2) is 36.8 Å². The van der Waals surface area contributed by atoms with Gasteiger partial charge in [-0.05, 0) is 12.1 Å². The van der Waals surface area contributed by atoms with Crippen LogP contribution >= 0.6 is 12.2 Å². The van der Waals surface area contributed by atoms with Crippen LogP contribution in [0.3, 0.4) is 0 Å². The molecule has 0 radical (unpaired) electrons. The van der Waals surface area contributed by atoms with Crippen molar-refractivity contribution in [3.05, 3.63) is 41.4 Å². The molecular formula is C11H10N6S. The number of aromatic nitrogens is 6. The quantitative estimate of drug-likeness (QED) is 0.711. The number of rotatable bonds is 2. The average Bonchev–Trinajstić information content (AvgIpc) is 2.96. The van der Waals surface area contributed by atoms with Crippen LogP contribution in [0.25, 0.3) is 17.3 Å². The van der Waals surface area contributed by atoms with E-state index in [1.54, 1.807) is 34.0 Å². The number of nitrogens with one attached hydrogen (secondary N) is 1. The second-order valence-corrected chi connectivity index (χ2v) is 4.15. The molecule has 0 amide bonds. The summed E-state index contributed by atoms with van der Waals surface area (Å²) in [5, 5.41) is 7.29. The standard InChI is InChI=1S/C11H10N6S/c1-16-9(3-6-14-16)8-7-10(18)17(15-8)11-12-4-2-5-13-11/h2-7,15H,1H3. The molecule has 0 saturated carbocycles. The van der Waals surface area contributed by atoms with Crippen molar-refractivity contribution in [1.82, 2.24) is 29.5 Å². The fourth-order valence-electron chi connectivity index (χ4n) is 1.72. The highest BCUT2D eigenvalue weighted by molar-refractivity contribution is 7.71. The molecule has 6 nitrogen and oxygen atoms in total. The monoisotopic (exact) mass is 258 g/mol. The number of H-pyrrole nitrogens is 1. The van der Waals surface area contributed by atoms with Gasteiger partial charge in [0.25, 0.3) is 0 Å². The molecular weight excluding hydrogens is 248 g/mol. The second kappa shape index (κ2) is 4.19. The van der Waals surface area contributed by atoms with Crippen molar-refractivity contribution in [2.24, 2.45) is 7.05 Å². The van der Waals surface area contributed by atoms with Gasteiger partial charge in [0.1, 0.15) is 4.64 Å². The normalized spacial score (nSPS) is 10.7. The van der Waals surface area contributed by atoms with Gasteiger partial charge in [0.05, 0.1) is 11.4 Å². The fourth-order valence-corrected chi connectivity index (χ4v) is 1.97. The molecule has 0 spiro atoms. The first-order valence-electron chi connectivity index (χ1n) is 5.33. The van der Waals surface area contributed by atoms with E-state index < -0.39 is 0 Å². The topological polar surface area (TPSA) is 64.3 Å². The first-order chi connectivity index (χ1) is 8.75. The Labute approximate surface area is 108 Å². The van der Waals surface area contributed by atoms with Crippen LogP contribution in [0.4, 0.5) is 0 Å². The Hall–Kier alpha value is -2.28. The van der Waals surface area contributed by atoms with Gasteiger partial charge in [0.15, 0.2) is 0 Å². The fraction of sp³-hybridized carbons (Fsp3) is 0.0909. The van der Waals surface area contributed by atoms with Crippen molar-refractivity contribution in [3.8, 4) is 17.3 Å². The van der Waals surface area contributed by atoms with Crippen LogP contribution in [-0.2, 0) is 7.05 Å². The summed E-state index contributed by atoms with van der Waals surface area (Å²) < 4.78 is 4.06. The number of aryl methyl sites for hydroxylation is 1. The maximum atomic E-state index is 5.29. The molecule has 90 valence electrons. The lowest BCUT2D eigenvalue weighted by atomic mass is 10.3.